The predicted molar refractivity (Wildman–Crippen MR) is 107 cm³/mol. The fourth-order valence-corrected chi connectivity index (χ4v) is 3.94. The van der Waals surface area contributed by atoms with Crippen molar-refractivity contribution in [3.63, 3.8) is 0 Å². The number of aryl methyl sites for hydroxylation is 2. The number of amides is 1. The summed E-state index contributed by atoms with van der Waals surface area (Å²) in [5.41, 5.74) is 10.0. The van der Waals surface area contributed by atoms with Crippen LogP contribution in [0.5, 0.6) is 0 Å². The number of esters is 1. The smallest absolute Gasteiger partial charge is 0.302 e. The molecule has 28 heavy (non-hydrogen) atoms. The van der Waals surface area contributed by atoms with Crippen molar-refractivity contribution in [2.75, 3.05) is 0 Å². The first-order valence-electron chi connectivity index (χ1n) is 9.83. The molecular weight excluding hydrogens is 354 g/mol. The molecule has 6 heteroatoms. The lowest BCUT2D eigenvalue weighted by Crippen LogP contribution is -2.22. The summed E-state index contributed by atoms with van der Waals surface area (Å²) in [7, 11) is 0. The molecule has 0 radical (unpaired) electrons. The summed E-state index contributed by atoms with van der Waals surface area (Å²) in [6, 6.07) is 8.29. The molecule has 0 spiro atoms. The maximum absolute atomic E-state index is 11.7. The van der Waals surface area contributed by atoms with Crippen molar-refractivity contribution in [3.05, 3.63) is 46.9 Å². The highest BCUT2D eigenvalue weighted by molar-refractivity contribution is 5.92. The summed E-state index contributed by atoms with van der Waals surface area (Å²) in [4.78, 5) is 31.9. The Hall–Kier alpha value is -2.76. The van der Waals surface area contributed by atoms with Crippen LogP contribution in [-0.2, 0) is 16.0 Å². The van der Waals surface area contributed by atoms with Crippen LogP contribution in [0.4, 0.5) is 0 Å². The van der Waals surface area contributed by atoms with Gasteiger partial charge in [0.2, 0.25) is 0 Å². The second kappa shape index (κ2) is 8.50. The quantitative estimate of drug-likeness (QED) is 0.797. The fourth-order valence-electron chi connectivity index (χ4n) is 3.94. The third-order valence-electron chi connectivity index (χ3n) is 5.37. The molecule has 2 aromatic rings. The maximum Gasteiger partial charge on any atom is 0.302 e. The van der Waals surface area contributed by atoms with Crippen molar-refractivity contribution < 1.29 is 14.3 Å². The number of aromatic nitrogens is 2. The molecule has 1 heterocycles. The largest absolute Gasteiger partial charge is 0.463 e. The van der Waals surface area contributed by atoms with Gasteiger partial charge in [0.05, 0.1) is 17.1 Å². The van der Waals surface area contributed by atoms with Gasteiger partial charge >= 0.3 is 5.97 Å². The Kier molecular flexibility index (Phi) is 6.07. The molecule has 0 unspecified atom stereocenters. The predicted octanol–water partition coefficient (Wildman–Crippen LogP) is 3.70. The number of nitrogens with zero attached hydrogens (tertiary/aromatic N) is 2. The Labute approximate surface area is 165 Å². The minimum atomic E-state index is -0.549. The van der Waals surface area contributed by atoms with Crippen LogP contribution >= 0.6 is 0 Å². The maximum atomic E-state index is 11.7. The Bertz CT molecular complexity index is 869. The first-order valence-corrected chi connectivity index (χ1v) is 9.83. The first kappa shape index (κ1) is 20.0. The number of rotatable bonds is 5. The highest BCUT2D eigenvalue weighted by Gasteiger charge is 2.24. The van der Waals surface area contributed by atoms with Gasteiger partial charge in [-0.25, -0.2) is 4.98 Å². The normalized spacial score (nSPS) is 19.2. The van der Waals surface area contributed by atoms with Gasteiger partial charge in [0.15, 0.2) is 0 Å². The van der Waals surface area contributed by atoms with Crippen LogP contribution in [0.3, 0.4) is 0 Å². The standard InChI is InChI=1S/C22H27N3O3/c1-4-19-21(22(23)27)25-20(13(2)24-19)17-7-5-15(6-8-17)16-9-11-18(12-10-16)28-14(3)26/h5-8,16,18H,4,9-12H2,1-3H3,(H2,23,27). The van der Waals surface area contributed by atoms with E-state index in [1.54, 1.807) is 0 Å². The second-order valence-corrected chi connectivity index (χ2v) is 7.38. The van der Waals surface area contributed by atoms with Crippen molar-refractivity contribution in [3.8, 4) is 11.3 Å². The Morgan fingerprint density at radius 1 is 1.11 bits per heavy atom. The Balaban J connectivity index is 1.77. The minimum absolute atomic E-state index is 0.0512. The molecule has 0 atom stereocenters. The van der Waals surface area contributed by atoms with Gasteiger partial charge in [-0.1, -0.05) is 31.2 Å². The molecular formula is C22H27N3O3. The number of primary amides is 1. The van der Waals surface area contributed by atoms with E-state index in [0.717, 1.165) is 36.9 Å². The van der Waals surface area contributed by atoms with Crippen LogP contribution < -0.4 is 5.73 Å². The zero-order valence-electron chi connectivity index (χ0n) is 16.7. The molecule has 1 saturated carbocycles. The van der Waals surface area contributed by atoms with E-state index in [-0.39, 0.29) is 17.8 Å². The summed E-state index contributed by atoms with van der Waals surface area (Å²) < 4.78 is 5.32. The first-order chi connectivity index (χ1) is 13.4. The van der Waals surface area contributed by atoms with Crippen LogP contribution in [0.15, 0.2) is 24.3 Å². The molecule has 1 aromatic carbocycles. The van der Waals surface area contributed by atoms with Gasteiger partial charge in [-0.15, -0.1) is 0 Å². The highest BCUT2D eigenvalue weighted by atomic mass is 16.5. The number of nitrogens with two attached hydrogens (primary N) is 1. The number of carbonyl (C=O) groups is 2. The number of ether oxygens (including phenoxy) is 1. The van der Waals surface area contributed by atoms with E-state index >= 15 is 0 Å². The SMILES string of the molecule is CCc1nc(C)c(-c2ccc(C3CCC(OC(C)=O)CC3)cc2)nc1C(N)=O. The summed E-state index contributed by atoms with van der Waals surface area (Å²) in [5, 5.41) is 0. The number of carbonyl (C=O) groups excluding carboxylic acids is 2. The van der Waals surface area contributed by atoms with E-state index in [4.69, 9.17) is 10.5 Å². The molecule has 0 bridgehead atoms. The van der Waals surface area contributed by atoms with Gasteiger partial charge in [0.25, 0.3) is 5.91 Å². The number of hydrogen-bond donors (Lipinski definition) is 1. The molecule has 1 aliphatic rings. The molecule has 1 fully saturated rings. The van der Waals surface area contributed by atoms with E-state index in [1.165, 1.54) is 12.5 Å². The monoisotopic (exact) mass is 381 g/mol. The van der Waals surface area contributed by atoms with Crippen molar-refractivity contribution in [1.82, 2.24) is 9.97 Å². The number of benzene rings is 1. The van der Waals surface area contributed by atoms with Gasteiger partial charge < -0.3 is 10.5 Å². The molecule has 1 aliphatic carbocycles. The van der Waals surface area contributed by atoms with Crippen LogP contribution in [0.1, 0.15) is 72.9 Å². The molecule has 0 saturated heterocycles. The van der Waals surface area contributed by atoms with E-state index in [1.807, 2.05) is 26.0 Å². The lowest BCUT2D eigenvalue weighted by Gasteiger charge is -2.28. The van der Waals surface area contributed by atoms with E-state index < -0.39 is 5.91 Å². The fraction of sp³-hybridized carbons (Fsp3) is 0.455. The Morgan fingerprint density at radius 3 is 2.29 bits per heavy atom. The molecule has 2 N–H and O–H groups in total. The summed E-state index contributed by atoms with van der Waals surface area (Å²) >= 11 is 0. The summed E-state index contributed by atoms with van der Waals surface area (Å²) in [5.74, 6) is -0.280. The molecule has 6 nitrogen and oxygen atoms in total. The van der Waals surface area contributed by atoms with Gasteiger partial charge in [0.1, 0.15) is 11.8 Å². The molecule has 1 aromatic heterocycles. The summed E-state index contributed by atoms with van der Waals surface area (Å²) in [6.07, 6.45) is 4.48. The third-order valence-corrected chi connectivity index (χ3v) is 5.37. The second-order valence-electron chi connectivity index (χ2n) is 7.38. The van der Waals surface area contributed by atoms with Gasteiger partial charge in [0, 0.05) is 12.5 Å². The van der Waals surface area contributed by atoms with Crippen molar-refractivity contribution in [1.29, 1.82) is 0 Å². The molecule has 148 valence electrons. The third kappa shape index (κ3) is 4.38. The zero-order chi connectivity index (χ0) is 20.3. The molecule has 3 rings (SSSR count). The van der Waals surface area contributed by atoms with E-state index in [0.29, 0.717) is 23.7 Å². The van der Waals surface area contributed by atoms with Crippen molar-refractivity contribution in [2.24, 2.45) is 5.73 Å². The average molecular weight is 381 g/mol. The minimum Gasteiger partial charge on any atom is -0.463 e. The Morgan fingerprint density at radius 2 is 1.75 bits per heavy atom. The lowest BCUT2D eigenvalue weighted by molar-refractivity contribution is -0.147. The van der Waals surface area contributed by atoms with Gasteiger partial charge in [-0.2, -0.15) is 0 Å². The van der Waals surface area contributed by atoms with Crippen LogP contribution in [0.25, 0.3) is 11.3 Å². The number of hydrogen-bond acceptors (Lipinski definition) is 5. The highest BCUT2D eigenvalue weighted by Crippen LogP contribution is 2.35. The van der Waals surface area contributed by atoms with Gasteiger partial charge in [-0.3, -0.25) is 14.6 Å². The average Bonchev–Trinajstić information content (AvgIpc) is 2.68. The lowest BCUT2D eigenvalue weighted by atomic mass is 9.82. The van der Waals surface area contributed by atoms with Crippen LogP contribution in [0.2, 0.25) is 0 Å². The van der Waals surface area contributed by atoms with Crippen molar-refractivity contribution in [2.45, 2.75) is 64.9 Å². The van der Waals surface area contributed by atoms with E-state index in [2.05, 4.69) is 22.1 Å². The summed E-state index contributed by atoms with van der Waals surface area (Å²) in [6.45, 7) is 5.30. The van der Waals surface area contributed by atoms with Gasteiger partial charge in [-0.05, 0) is 50.5 Å². The molecule has 1 amide bonds. The molecule has 0 aliphatic heterocycles. The van der Waals surface area contributed by atoms with Crippen LogP contribution in [-0.4, -0.2) is 27.9 Å². The van der Waals surface area contributed by atoms with E-state index in [9.17, 15) is 9.59 Å². The topological polar surface area (TPSA) is 95.2 Å². The zero-order valence-corrected chi connectivity index (χ0v) is 16.7. The van der Waals surface area contributed by atoms with Crippen LogP contribution in [0, 0.1) is 6.92 Å². The van der Waals surface area contributed by atoms with Crippen molar-refractivity contribution >= 4 is 11.9 Å².